The molecule has 70 valence electrons. The zero-order valence-electron chi connectivity index (χ0n) is 7.40. The predicted molar refractivity (Wildman–Crippen MR) is 48.3 cm³/mol. The van der Waals surface area contributed by atoms with E-state index in [0.29, 0.717) is 12.4 Å². The van der Waals surface area contributed by atoms with Crippen molar-refractivity contribution in [3.8, 4) is 0 Å². The summed E-state index contributed by atoms with van der Waals surface area (Å²) >= 11 is 0. The first-order valence-electron chi connectivity index (χ1n) is 4.64. The van der Waals surface area contributed by atoms with Crippen molar-refractivity contribution in [2.45, 2.75) is 31.3 Å². The third-order valence-electron chi connectivity index (χ3n) is 2.70. The monoisotopic (exact) mass is 179 g/mol. The fourth-order valence-electron chi connectivity index (χ4n) is 2.09. The molecule has 0 spiro atoms. The number of H-pyrrole nitrogens is 1. The highest BCUT2D eigenvalue weighted by Gasteiger charge is 2.30. The molecule has 1 saturated carbocycles. The second kappa shape index (κ2) is 3.64. The van der Waals surface area contributed by atoms with Gasteiger partial charge >= 0.3 is 0 Å². The molecule has 0 saturated heterocycles. The quantitative estimate of drug-likeness (QED) is 0.719. The highest BCUT2D eigenvalue weighted by Crippen LogP contribution is 2.35. The standard InChI is InChI=1S/C10H13NO2/c12-7-13-10-5-1-3-8(10)9-4-2-6-11-9/h2,4,6-8,10-11H,1,3,5H2. The zero-order chi connectivity index (χ0) is 9.10. The summed E-state index contributed by atoms with van der Waals surface area (Å²) in [4.78, 5) is 13.4. The van der Waals surface area contributed by atoms with E-state index in [1.807, 2.05) is 12.3 Å². The van der Waals surface area contributed by atoms with Crippen LogP contribution in [0.4, 0.5) is 0 Å². The molecule has 1 N–H and O–H groups in total. The summed E-state index contributed by atoms with van der Waals surface area (Å²) in [6, 6.07) is 4.03. The Labute approximate surface area is 77.1 Å². The molecule has 0 aliphatic heterocycles. The molecule has 3 nitrogen and oxygen atoms in total. The van der Waals surface area contributed by atoms with E-state index in [9.17, 15) is 4.79 Å². The maximum absolute atomic E-state index is 10.2. The van der Waals surface area contributed by atoms with Gasteiger partial charge in [-0.25, -0.2) is 0 Å². The Morgan fingerprint density at radius 2 is 2.46 bits per heavy atom. The number of carbonyl (C=O) groups excluding carboxylic acids is 1. The van der Waals surface area contributed by atoms with Gasteiger partial charge in [-0.3, -0.25) is 4.79 Å². The van der Waals surface area contributed by atoms with E-state index in [4.69, 9.17) is 4.74 Å². The zero-order valence-corrected chi connectivity index (χ0v) is 7.40. The van der Waals surface area contributed by atoms with Crippen LogP contribution in [-0.4, -0.2) is 17.6 Å². The summed E-state index contributed by atoms with van der Waals surface area (Å²) in [5, 5.41) is 0. The van der Waals surface area contributed by atoms with Crippen molar-refractivity contribution >= 4 is 6.47 Å². The Balaban J connectivity index is 2.09. The summed E-state index contributed by atoms with van der Waals surface area (Å²) in [5.41, 5.74) is 1.18. The Hall–Kier alpha value is -1.25. The van der Waals surface area contributed by atoms with Crippen LogP contribution < -0.4 is 0 Å². The normalized spacial score (nSPS) is 27.4. The lowest BCUT2D eigenvalue weighted by atomic mass is 10.0. The van der Waals surface area contributed by atoms with Crippen molar-refractivity contribution in [2.24, 2.45) is 0 Å². The Morgan fingerprint density at radius 3 is 3.15 bits per heavy atom. The van der Waals surface area contributed by atoms with Gasteiger partial charge in [0.05, 0.1) is 0 Å². The van der Waals surface area contributed by atoms with Crippen LogP contribution in [0.3, 0.4) is 0 Å². The Bertz CT molecular complexity index is 268. The van der Waals surface area contributed by atoms with E-state index in [0.717, 1.165) is 19.3 Å². The maximum atomic E-state index is 10.2. The van der Waals surface area contributed by atoms with Crippen LogP contribution in [0.1, 0.15) is 30.9 Å². The third kappa shape index (κ3) is 1.59. The molecule has 1 fully saturated rings. The van der Waals surface area contributed by atoms with Crippen LogP contribution in [0.2, 0.25) is 0 Å². The van der Waals surface area contributed by atoms with Gasteiger partial charge in [0.25, 0.3) is 6.47 Å². The van der Waals surface area contributed by atoms with E-state index in [1.165, 1.54) is 5.69 Å². The fourth-order valence-corrected chi connectivity index (χ4v) is 2.09. The van der Waals surface area contributed by atoms with Gasteiger partial charge in [-0.2, -0.15) is 0 Å². The molecule has 2 unspecified atom stereocenters. The van der Waals surface area contributed by atoms with E-state index >= 15 is 0 Å². The van der Waals surface area contributed by atoms with Crippen LogP contribution in [0.15, 0.2) is 18.3 Å². The molecule has 2 atom stereocenters. The number of hydrogen-bond acceptors (Lipinski definition) is 2. The molecular weight excluding hydrogens is 166 g/mol. The summed E-state index contributed by atoms with van der Waals surface area (Å²) in [5.74, 6) is 0.375. The number of aromatic amines is 1. The van der Waals surface area contributed by atoms with Gasteiger partial charge in [-0.05, 0) is 31.4 Å². The summed E-state index contributed by atoms with van der Waals surface area (Å²) in [7, 11) is 0. The fraction of sp³-hybridized carbons (Fsp3) is 0.500. The first kappa shape index (κ1) is 8.35. The number of aromatic nitrogens is 1. The van der Waals surface area contributed by atoms with E-state index in [2.05, 4.69) is 11.1 Å². The molecule has 0 bridgehead atoms. The van der Waals surface area contributed by atoms with Crippen molar-refractivity contribution in [2.75, 3.05) is 0 Å². The van der Waals surface area contributed by atoms with Gasteiger partial charge in [0.15, 0.2) is 0 Å². The lowest BCUT2D eigenvalue weighted by Gasteiger charge is -2.16. The second-order valence-electron chi connectivity index (χ2n) is 3.43. The van der Waals surface area contributed by atoms with Crippen molar-refractivity contribution in [1.82, 2.24) is 4.98 Å². The van der Waals surface area contributed by atoms with Gasteiger partial charge in [-0.15, -0.1) is 0 Å². The average Bonchev–Trinajstić information content (AvgIpc) is 2.71. The lowest BCUT2D eigenvalue weighted by Crippen LogP contribution is -2.15. The smallest absolute Gasteiger partial charge is 0.293 e. The molecule has 0 aromatic carbocycles. The molecule has 1 heterocycles. The lowest BCUT2D eigenvalue weighted by molar-refractivity contribution is -0.133. The van der Waals surface area contributed by atoms with Crippen molar-refractivity contribution in [3.63, 3.8) is 0 Å². The van der Waals surface area contributed by atoms with Gasteiger partial charge in [0, 0.05) is 17.8 Å². The first-order chi connectivity index (χ1) is 6.42. The van der Waals surface area contributed by atoms with Gasteiger partial charge in [0.1, 0.15) is 6.10 Å². The number of nitrogens with one attached hydrogen (secondary N) is 1. The predicted octanol–water partition coefficient (Wildman–Crippen LogP) is 1.82. The SMILES string of the molecule is O=COC1CCCC1c1ccc[nH]1. The van der Waals surface area contributed by atoms with Crippen molar-refractivity contribution in [3.05, 3.63) is 24.0 Å². The topological polar surface area (TPSA) is 42.1 Å². The number of hydrogen-bond donors (Lipinski definition) is 1. The molecule has 0 radical (unpaired) electrons. The Kier molecular flexibility index (Phi) is 2.34. The summed E-state index contributed by atoms with van der Waals surface area (Å²) in [6.07, 6.45) is 5.23. The van der Waals surface area contributed by atoms with Gasteiger partial charge in [0.2, 0.25) is 0 Å². The van der Waals surface area contributed by atoms with Gasteiger partial charge in [-0.1, -0.05) is 0 Å². The summed E-state index contributed by atoms with van der Waals surface area (Å²) in [6.45, 7) is 0.561. The number of carbonyl (C=O) groups is 1. The van der Waals surface area contributed by atoms with E-state index < -0.39 is 0 Å². The molecule has 3 heteroatoms. The molecular formula is C10H13NO2. The average molecular weight is 179 g/mol. The molecule has 0 amide bonds. The van der Waals surface area contributed by atoms with Crippen LogP contribution in [0, 0.1) is 0 Å². The molecule has 1 aliphatic carbocycles. The number of rotatable bonds is 3. The van der Waals surface area contributed by atoms with Crippen LogP contribution >= 0.6 is 0 Å². The van der Waals surface area contributed by atoms with Gasteiger partial charge < -0.3 is 9.72 Å². The number of ether oxygens (including phenoxy) is 1. The van der Waals surface area contributed by atoms with Crippen molar-refractivity contribution < 1.29 is 9.53 Å². The maximum Gasteiger partial charge on any atom is 0.293 e. The van der Waals surface area contributed by atoms with Crippen LogP contribution in [0.5, 0.6) is 0 Å². The minimum Gasteiger partial charge on any atom is -0.464 e. The van der Waals surface area contributed by atoms with E-state index in [-0.39, 0.29) is 6.10 Å². The highest BCUT2D eigenvalue weighted by atomic mass is 16.5. The third-order valence-corrected chi connectivity index (χ3v) is 2.70. The second-order valence-corrected chi connectivity index (χ2v) is 3.43. The minimum absolute atomic E-state index is 0.0798. The van der Waals surface area contributed by atoms with Crippen molar-refractivity contribution in [1.29, 1.82) is 0 Å². The molecule has 2 rings (SSSR count). The van der Waals surface area contributed by atoms with Crippen LogP contribution in [-0.2, 0) is 9.53 Å². The first-order valence-corrected chi connectivity index (χ1v) is 4.64. The van der Waals surface area contributed by atoms with E-state index in [1.54, 1.807) is 0 Å². The molecule has 1 aliphatic rings. The molecule has 1 aromatic rings. The Morgan fingerprint density at radius 1 is 1.54 bits per heavy atom. The highest BCUT2D eigenvalue weighted by molar-refractivity contribution is 5.38. The largest absolute Gasteiger partial charge is 0.464 e. The molecule has 1 aromatic heterocycles. The van der Waals surface area contributed by atoms with Crippen LogP contribution in [0.25, 0.3) is 0 Å². The molecule has 13 heavy (non-hydrogen) atoms. The summed E-state index contributed by atoms with van der Waals surface area (Å²) < 4.78 is 5.04. The minimum atomic E-state index is 0.0798.